The molecule has 2 aromatic carbocycles. The Morgan fingerprint density at radius 3 is 2.41 bits per heavy atom. The third kappa shape index (κ3) is 3.97. The van der Waals surface area contributed by atoms with Gasteiger partial charge in [-0.3, -0.25) is 9.59 Å². The van der Waals surface area contributed by atoms with Crippen LogP contribution in [0.5, 0.6) is 23.0 Å². The van der Waals surface area contributed by atoms with E-state index >= 15 is 0 Å². The first-order valence-electron chi connectivity index (χ1n) is 8.81. The highest BCUT2D eigenvalue weighted by molar-refractivity contribution is 6.00. The summed E-state index contributed by atoms with van der Waals surface area (Å²) in [6.07, 6.45) is 0.996. The number of hydrogen-bond acceptors (Lipinski definition) is 6. The second-order valence-electron chi connectivity index (χ2n) is 6.25. The molecule has 4 rings (SSSR count). The lowest BCUT2D eigenvalue weighted by atomic mass is 10.1. The smallest absolute Gasteiger partial charge is 0.231 e. The second-order valence-corrected chi connectivity index (χ2v) is 6.25. The first-order chi connectivity index (χ1) is 13.2. The van der Waals surface area contributed by atoms with Gasteiger partial charge in [-0.05, 0) is 30.3 Å². The predicted molar refractivity (Wildman–Crippen MR) is 96.8 cm³/mol. The fraction of sp³-hybridized carbons (Fsp3) is 0.300. The number of anilines is 1. The highest BCUT2D eigenvalue weighted by atomic mass is 16.7. The van der Waals surface area contributed by atoms with E-state index < -0.39 is 0 Å². The van der Waals surface area contributed by atoms with Crippen LogP contribution in [0.3, 0.4) is 0 Å². The molecule has 0 atom stereocenters. The molecule has 0 saturated heterocycles. The molecule has 2 aromatic rings. The molecule has 0 spiro atoms. The molecule has 7 heteroatoms. The Morgan fingerprint density at radius 1 is 0.815 bits per heavy atom. The Labute approximate surface area is 156 Å². The van der Waals surface area contributed by atoms with Crippen LogP contribution in [-0.2, 0) is 4.79 Å². The van der Waals surface area contributed by atoms with E-state index in [2.05, 4.69) is 5.32 Å². The van der Waals surface area contributed by atoms with E-state index in [4.69, 9.17) is 18.9 Å². The number of fused-ring (bicyclic) bond motifs is 2. The van der Waals surface area contributed by atoms with E-state index in [1.54, 1.807) is 36.4 Å². The summed E-state index contributed by atoms with van der Waals surface area (Å²) in [5, 5.41) is 2.77. The summed E-state index contributed by atoms with van der Waals surface area (Å²) in [5.74, 6) is 2.10. The van der Waals surface area contributed by atoms with Crippen molar-refractivity contribution in [1.82, 2.24) is 0 Å². The molecule has 2 aliphatic rings. The monoisotopic (exact) mass is 369 g/mol. The highest BCUT2D eigenvalue weighted by Gasteiger charge is 2.17. The number of ketones is 1. The van der Waals surface area contributed by atoms with E-state index in [0.717, 1.165) is 6.42 Å². The molecule has 140 valence electrons. The lowest BCUT2D eigenvalue weighted by Gasteiger charge is -2.09. The van der Waals surface area contributed by atoms with E-state index in [-0.39, 0.29) is 31.3 Å². The maximum absolute atomic E-state index is 12.4. The largest absolute Gasteiger partial charge is 0.490 e. The predicted octanol–water partition coefficient (Wildman–Crippen LogP) is 3.18. The Morgan fingerprint density at radius 2 is 1.52 bits per heavy atom. The van der Waals surface area contributed by atoms with Gasteiger partial charge in [-0.25, -0.2) is 0 Å². The van der Waals surface area contributed by atoms with E-state index in [9.17, 15) is 9.59 Å². The van der Waals surface area contributed by atoms with Crippen molar-refractivity contribution in [3.05, 3.63) is 42.0 Å². The summed E-state index contributed by atoms with van der Waals surface area (Å²) in [7, 11) is 0. The van der Waals surface area contributed by atoms with Gasteiger partial charge in [0.05, 0.1) is 13.2 Å². The molecule has 0 radical (unpaired) electrons. The molecule has 2 heterocycles. The first kappa shape index (κ1) is 17.2. The van der Waals surface area contributed by atoms with Gasteiger partial charge in [-0.2, -0.15) is 0 Å². The molecule has 0 aromatic heterocycles. The SMILES string of the molecule is O=C(CCC(=O)c1ccc2c(c1)OCCCO2)Nc1ccc2c(c1)OCO2. The van der Waals surface area contributed by atoms with Crippen LogP contribution in [0.15, 0.2) is 36.4 Å². The maximum Gasteiger partial charge on any atom is 0.231 e. The molecule has 7 nitrogen and oxygen atoms in total. The number of benzene rings is 2. The van der Waals surface area contributed by atoms with Gasteiger partial charge in [-0.1, -0.05) is 0 Å². The van der Waals surface area contributed by atoms with Crippen molar-refractivity contribution in [3.8, 4) is 23.0 Å². The number of amides is 1. The Hall–Kier alpha value is -3.22. The van der Waals surface area contributed by atoms with Crippen molar-refractivity contribution in [2.75, 3.05) is 25.3 Å². The van der Waals surface area contributed by atoms with Crippen LogP contribution in [-0.4, -0.2) is 31.7 Å². The first-order valence-corrected chi connectivity index (χ1v) is 8.81. The molecule has 0 saturated carbocycles. The molecular formula is C20H19NO6. The van der Waals surface area contributed by atoms with E-state index in [1.165, 1.54) is 0 Å². The molecule has 0 bridgehead atoms. The van der Waals surface area contributed by atoms with Gasteiger partial charge in [0.25, 0.3) is 0 Å². The molecule has 0 unspecified atom stereocenters. The van der Waals surface area contributed by atoms with E-state index in [1.807, 2.05) is 0 Å². The minimum absolute atomic E-state index is 0.0850. The molecular weight excluding hydrogens is 350 g/mol. The fourth-order valence-corrected chi connectivity index (χ4v) is 2.91. The van der Waals surface area contributed by atoms with Gasteiger partial charge in [0.15, 0.2) is 28.8 Å². The molecule has 1 amide bonds. The van der Waals surface area contributed by atoms with Crippen LogP contribution < -0.4 is 24.3 Å². The molecule has 27 heavy (non-hydrogen) atoms. The number of Topliss-reactive ketones (excluding diaryl/α,β-unsaturated/α-hetero) is 1. The summed E-state index contributed by atoms with van der Waals surface area (Å²) in [5.41, 5.74) is 1.11. The number of carbonyl (C=O) groups is 2. The summed E-state index contributed by atoms with van der Waals surface area (Å²) in [6, 6.07) is 10.3. The number of rotatable bonds is 5. The summed E-state index contributed by atoms with van der Waals surface area (Å²) >= 11 is 0. The van der Waals surface area contributed by atoms with Crippen LogP contribution in [0.4, 0.5) is 5.69 Å². The minimum Gasteiger partial charge on any atom is -0.490 e. The van der Waals surface area contributed by atoms with Crippen LogP contribution in [0.25, 0.3) is 0 Å². The topological polar surface area (TPSA) is 83.1 Å². The van der Waals surface area contributed by atoms with Gasteiger partial charge in [-0.15, -0.1) is 0 Å². The molecule has 0 aliphatic carbocycles. The lowest BCUT2D eigenvalue weighted by Crippen LogP contribution is -2.13. The standard InChI is InChI=1S/C20H19NO6/c22-15(13-2-5-16-18(10-13)25-9-1-8-24-16)4-7-20(23)21-14-3-6-17-19(11-14)27-12-26-17/h2-3,5-6,10-11H,1,4,7-9,12H2,(H,21,23). The van der Waals surface area contributed by atoms with Crippen molar-refractivity contribution >= 4 is 17.4 Å². The Bertz CT molecular complexity index is 879. The van der Waals surface area contributed by atoms with Crippen LogP contribution >= 0.6 is 0 Å². The number of nitrogens with one attached hydrogen (secondary N) is 1. The van der Waals surface area contributed by atoms with Crippen LogP contribution in [0.1, 0.15) is 29.6 Å². The fourth-order valence-electron chi connectivity index (χ4n) is 2.91. The highest BCUT2D eigenvalue weighted by Crippen LogP contribution is 2.34. The quantitative estimate of drug-likeness (QED) is 0.815. The van der Waals surface area contributed by atoms with Crippen molar-refractivity contribution in [1.29, 1.82) is 0 Å². The summed E-state index contributed by atoms with van der Waals surface area (Å²) in [6.45, 7) is 1.33. The number of hydrogen-bond donors (Lipinski definition) is 1. The van der Waals surface area contributed by atoms with Crippen molar-refractivity contribution in [2.24, 2.45) is 0 Å². The number of carbonyl (C=O) groups excluding carboxylic acids is 2. The molecule has 2 aliphatic heterocycles. The zero-order chi connectivity index (χ0) is 18.6. The van der Waals surface area contributed by atoms with E-state index in [0.29, 0.717) is 47.5 Å². The summed E-state index contributed by atoms with van der Waals surface area (Å²) in [4.78, 5) is 24.6. The van der Waals surface area contributed by atoms with Gasteiger partial charge >= 0.3 is 0 Å². The maximum atomic E-state index is 12.4. The average molecular weight is 369 g/mol. The van der Waals surface area contributed by atoms with Crippen LogP contribution in [0.2, 0.25) is 0 Å². The zero-order valence-electron chi connectivity index (χ0n) is 14.7. The molecule has 0 fully saturated rings. The van der Waals surface area contributed by atoms with Crippen LogP contribution in [0, 0.1) is 0 Å². The Balaban J connectivity index is 1.33. The van der Waals surface area contributed by atoms with Gasteiger partial charge in [0.2, 0.25) is 12.7 Å². The number of ether oxygens (including phenoxy) is 4. The van der Waals surface area contributed by atoms with Gasteiger partial charge in [0, 0.05) is 36.6 Å². The zero-order valence-corrected chi connectivity index (χ0v) is 14.7. The van der Waals surface area contributed by atoms with Gasteiger partial charge in [0.1, 0.15) is 0 Å². The normalized spacial score (nSPS) is 14.4. The molecule has 1 N–H and O–H groups in total. The Kier molecular flexibility index (Phi) is 4.82. The average Bonchev–Trinajstić information content (AvgIpc) is 3.01. The second kappa shape index (κ2) is 7.57. The van der Waals surface area contributed by atoms with Crippen molar-refractivity contribution in [2.45, 2.75) is 19.3 Å². The lowest BCUT2D eigenvalue weighted by molar-refractivity contribution is -0.116. The summed E-state index contributed by atoms with van der Waals surface area (Å²) < 4.78 is 21.7. The minimum atomic E-state index is -0.239. The van der Waals surface area contributed by atoms with Crippen molar-refractivity contribution < 1.29 is 28.5 Å². The van der Waals surface area contributed by atoms with Crippen molar-refractivity contribution in [3.63, 3.8) is 0 Å². The third-order valence-electron chi connectivity index (χ3n) is 4.30. The third-order valence-corrected chi connectivity index (χ3v) is 4.30. The van der Waals surface area contributed by atoms with Gasteiger partial charge < -0.3 is 24.3 Å².